The number of nitrogens with two attached hydrogens (primary N) is 1. The first-order valence-electron chi connectivity index (χ1n) is 5.43. The molecule has 4 nitrogen and oxygen atoms in total. The van der Waals surface area contributed by atoms with E-state index in [9.17, 15) is 17.2 Å². The number of para-hydroxylation sites is 1. The van der Waals surface area contributed by atoms with Gasteiger partial charge >= 0.3 is 0 Å². The summed E-state index contributed by atoms with van der Waals surface area (Å²) in [5.41, 5.74) is 4.83. The first kappa shape index (κ1) is 15.8. The molecular formula is C12H8Cl2F2N2O2S. The lowest BCUT2D eigenvalue weighted by Crippen LogP contribution is -2.17. The Morgan fingerprint density at radius 1 is 1.05 bits per heavy atom. The molecule has 2 aromatic carbocycles. The Kier molecular flexibility index (Phi) is 4.27. The monoisotopic (exact) mass is 352 g/mol. The van der Waals surface area contributed by atoms with Gasteiger partial charge in [-0.3, -0.25) is 4.72 Å². The second kappa shape index (κ2) is 5.67. The molecule has 0 radical (unpaired) electrons. The van der Waals surface area contributed by atoms with Crippen LogP contribution in [0.1, 0.15) is 0 Å². The number of nitrogens with one attached hydrogen (secondary N) is 1. The maximum absolute atomic E-state index is 13.7. The molecule has 0 fully saturated rings. The third-order valence-corrected chi connectivity index (χ3v) is 4.52. The van der Waals surface area contributed by atoms with Crippen LogP contribution in [-0.2, 0) is 10.0 Å². The van der Waals surface area contributed by atoms with E-state index in [1.807, 2.05) is 4.72 Å². The second-order valence-electron chi connectivity index (χ2n) is 4.02. The summed E-state index contributed by atoms with van der Waals surface area (Å²) < 4.78 is 53.6. The van der Waals surface area contributed by atoms with Crippen molar-refractivity contribution in [3.8, 4) is 0 Å². The van der Waals surface area contributed by atoms with E-state index in [4.69, 9.17) is 28.9 Å². The van der Waals surface area contributed by atoms with Gasteiger partial charge in [0, 0.05) is 5.69 Å². The molecule has 0 spiro atoms. The molecule has 0 unspecified atom stereocenters. The summed E-state index contributed by atoms with van der Waals surface area (Å²) in [6.07, 6.45) is 0. The van der Waals surface area contributed by atoms with E-state index in [1.54, 1.807) is 0 Å². The molecule has 21 heavy (non-hydrogen) atoms. The molecule has 0 saturated carbocycles. The zero-order valence-electron chi connectivity index (χ0n) is 10.2. The minimum absolute atomic E-state index is 0.0117. The van der Waals surface area contributed by atoms with Gasteiger partial charge in [0.2, 0.25) is 0 Å². The quantitative estimate of drug-likeness (QED) is 0.828. The van der Waals surface area contributed by atoms with Crippen LogP contribution in [0.15, 0.2) is 35.2 Å². The Morgan fingerprint density at radius 3 is 2.00 bits per heavy atom. The van der Waals surface area contributed by atoms with Gasteiger partial charge in [-0.1, -0.05) is 29.3 Å². The van der Waals surface area contributed by atoms with Crippen molar-refractivity contribution in [1.82, 2.24) is 0 Å². The van der Waals surface area contributed by atoms with Gasteiger partial charge in [0.25, 0.3) is 10.0 Å². The Hall–Kier alpha value is -1.57. The number of hydrogen-bond donors (Lipinski definition) is 2. The molecule has 0 aliphatic carbocycles. The fourth-order valence-corrected chi connectivity index (χ4v) is 3.44. The molecule has 9 heteroatoms. The van der Waals surface area contributed by atoms with Gasteiger partial charge in [-0.15, -0.1) is 0 Å². The number of anilines is 2. The van der Waals surface area contributed by atoms with Gasteiger partial charge in [0.1, 0.15) is 11.6 Å². The maximum atomic E-state index is 13.7. The highest BCUT2D eigenvalue weighted by molar-refractivity contribution is 7.92. The fraction of sp³-hybridized carbons (Fsp3) is 0. The zero-order valence-corrected chi connectivity index (χ0v) is 12.5. The minimum Gasteiger partial charge on any atom is -0.399 e. The smallest absolute Gasteiger partial charge is 0.267 e. The molecule has 0 atom stereocenters. The van der Waals surface area contributed by atoms with Crippen LogP contribution in [0.3, 0.4) is 0 Å². The number of sulfonamides is 1. The molecule has 0 aliphatic heterocycles. The van der Waals surface area contributed by atoms with Crippen molar-refractivity contribution < 1.29 is 17.2 Å². The van der Waals surface area contributed by atoms with E-state index in [-0.39, 0.29) is 21.4 Å². The van der Waals surface area contributed by atoms with Crippen LogP contribution >= 0.6 is 23.2 Å². The fourth-order valence-electron chi connectivity index (χ4n) is 1.62. The van der Waals surface area contributed by atoms with Gasteiger partial charge in [0.15, 0.2) is 4.90 Å². The summed E-state index contributed by atoms with van der Waals surface area (Å²) in [5.74, 6) is -2.63. The molecule has 0 aliphatic rings. The van der Waals surface area contributed by atoms with Gasteiger partial charge in [-0.05, 0) is 24.3 Å². The lowest BCUT2D eigenvalue weighted by atomic mass is 10.3. The molecule has 0 saturated heterocycles. The summed E-state index contributed by atoms with van der Waals surface area (Å²) in [7, 11) is -4.56. The van der Waals surface area contributed by atoms with Crippen molar-refractivity contribution in [2.45, 2.75) is 4.90 Å². The highest BCUT2D eigenvalue weighted by Crippen LogP contribution is 2.33. The van der Waals surface area contributed by atoms with E-state index >= 15 is 0 Å². The van der Waals surface area contributed by atoms with Crippen molar-refractivity contribution in [3.63, 3.8) is 0 Å². The molecule has 3 N–H and O–H groups in total. The van der Waals surface area contributed by atoms with Crippen LogP contribution in [0.4, 0.5) is 20.2 Å². The number of hydrogen-bond acceptors (Lipinski definition) is 3. The lowest BCUT2D eigenvalue weighted by molar-refractivity contribution is 0.522. The average Bonchev–Trinajstić information content (AvgIpc) is 2.32. The van der Waals surface area contributed by atoms with Gasteiger partial charge in [0.05, 0.1) is 15.7 Å². The second-order valence-corrected chi connectivity index (χ2v) is 6.45. The highest BCUT2D eigenvalue weighted by Gasteiger charge is 2.26. The molecule has 112 valence electrons. The van der Waals surface area contributed by atoms with Crippen molar-refractivity contribution in [1.29, 1.82) is 0 Å². The molecule has 2 aromatic rings. The van der Waals surface area contributed by atoms with Gasteiger partial charge in [-0.2, -0.15) is 0 Å². The van der Waals surface area contributed by atoms with E-state index in [2.05, 4.69) is 0 Å². The predicted molar refractivity (Wildman–Crippen MR) is 78.0 cm³/mol. The van der Waals surface area contributed by atoms with E-state index in [1.165, 1.54) is 18.2 Å². The summed E-state index contributed by atoms with van der Waals surface area (Å²) in [4.78, 5) is -1.16. The molecular weight excluding hydrogens is 345 g/mol. The van der Waals surface area contributed by atoms with Crippen molar-refractivity contribution in [2.24, 2.45) is 0 Å². The van der Waals surface area contributed by atoms with Crippen molar-refractivity contribution in [2.75, 3.05) is 10.5 Å². The third-order valence-electron chi connectivity index (χ3n) is 2.49. The van der Waals surface area contributed by atoms with Crippen LogP contribution in [0, 0.1) is 11.6 Å². The zero-order chi connectivity index (χ0) is 15.8. The maximum Gasteiger partial charge on any atom is 0.267 e. The molecule has 0 heterocycles. The van der Waals surface area contributed by atoms with Crippen LogP contribution in [-0.4, -0.2) is 8.42 Å². The normalized spacial score (nSPS) is 11.4. The SMILES string of the molecule is Nc1cc(F)c(S(=O)(=O)Nc2c(Cl)cccc2Cl)c(F)c1. The van der Waals surface area contributed by atoms with Crippen LogP contribution in [0.25, 0.3) is 0 Å². The van der Waals surface area contributed by atoms with E-state index in [0.717, 1.165) is 0 Å². The lowest BCUT2D eigenvalue weighted by Gasteiger charge is -2.12. The highest BCUT2D eigenvalue weighted by atomic mass is 35.5. The summed E-state index contributed by atoms with van der Waals surface area (Å²) in [6.45, 7) is 0. The van der Waals surface area contributed by atoms with Crippen molar-refractivity contribution in [3.05, 3.63) is 52.0 Å². The summed E-state index contributed by atoms with van der Waals surface area (Å²) in [6, 6.07) is 5.65. The third kappa shape index (κ3) is 3.20. The molecule has 0 amide bonds. The number of benzene rings is 2. The van der Waals surface area contributed by atoms with E-state index in [0.29, 0.717) is 12.1 Å². The number of nitrogen functional groups attached to an aromatic ring is 1. The predicted octanol–water partition coefficient (Wildman–Crippen LogP) is 3.65. The number of rotatable bonds is 3. The van der Waals surface area contributed by atoms with Crippen LogP contribution < -0.4 is 10.5 Å². The summed E-state index contributed by atoms with van der Waals surface area (Å²) in [5, 5.41) is -0.0235. The summed E-state index contributed by atoms with van der Waals surface area (Å²) >= 11 is 11.6. The Labute approximate surface area is 129 Å². The minimum atomic E-state index is -4.56. The molecule has 0 bridgehead atoms. The topological polar surface area (TPSA) is 72.2 Å². The first-order valence-corrected chi connectivity index (χ1v) is 7.67. The van der Waals surface area contributed by atoms with E-state index < -0.39 is 26.6 Å². The van der Waals surface area contributed by atoms with Crippen molar-refractivity contribution >= 4 is 44.6 Å². The molecule has 0 aromatic heterocycles. The van der Waals surface area contributed by atoms with Crippen LogP contribution in [0.2, 0.25) is 10.0 Å². The Balaban J connectivity index is 2.54. The molecule has 2 rings (SSSR count). The Bertz CT molecular complexity index is 770. The largest absolute Gasteiger partial charge is 0.399 e. The van der Waals surface area contributed by atoms with Crippen LogP contribution in [0.5, 0.6) is 0 Å². The standard InChI is InChI=1S/C12H8Cl2F2N2O2S/c13-7-2-1-3-8(14)11(7)18-21(19,20)12-9(15)4-6(17)5-10(12)16/h1-5,18H,17H2. The average molecular weight is 353 g/mol. The van der Waals surface area contributed by atoms with Gasteiger partial charge < -0.3 is 5.73 Å². The Morgan fingerprint density at radius 2 is 1.52 bits per heavy atom. The van der Waals surface area contributed by atoms with Gasteiger partial charge in [-0.25, -0.2) is 17.2 Å². The first-order chi connectivity index (χ1) is 9.72. The number of halogens is 4.